The number of aryl methyl sites for hydroxylation is 1. The highest BCUT2D eigenvalue weighted by Gasteiger charge is 2.22. The zero-order valence-corrected chi connectivity index (χ0v) is 11.0. The van der Waals surface area contributed by atoms with Gasteiger partial charge in [0, 0.05) is 7.05 Å². The molecule has 4 nitrogen and oxygen atoms in total. The van der Waals surface area contributed by atoms with Crippen LogP contribution in [0, 0.1) is 0 Å². The third-order valence-electron chi connectivity index (χ3n) is 3.01. The molecule has 4 heteroatoms. The summed E-state index contributed by atoms with van der Waals surface area (Å²) >= 11 is 0. The molecule has 0 unspecified atom stereocenters. The predicted molar refractivity (Wildman–Crippen MR) is 70.4 cm³/mol. The van der Waals surface area contributed by atoms with Crippen LogP contribution < -0.4 is 10.5 Å². The lowest BCUT2D eigenvalue weighted by Crippen LogP contribution is -2.13. The van der Waals surface area contributed by atoms with Crippen molar-refractivity contribution in [3.05, 3.63) is 17.7 Å². The van der Waals surface area contributed by atoms with Gasteiger partial charge in [-0.15, -0.1) is 0 Å². The minimum absolute atomic E-state index is 0.0464. The maximum atomic E-state index is 5.95. The minimum atomic E-state index is 0.0464. The molecule has 2 aromatic rings. The fraction of sp³-hybridized carbons (Fsp3) is 0.462. The molecular weight excluding hydrogens is 214 g/mol. The van der Waals surface area contributed by atoms with Crippen LogP contribution in [0.15, 0.2) is 12.1 Å². The quantitative estimate of drug-likeness (QED) is 0.823. The molecule has 1 aromatic heterocycles. The van der Waals surface area contributed by atoms with E-state index in [0.717, 1.165) is 16.7 Å². The lowest BCUT2D eigenvalue weighted by molar-refractivity contribution is 0.419. The van der Waals surface area contributed by atoms with Crippen LogP contribution in [0.5, 0.6) is 5.75 Å². The van der Waals surface area contributed by atoms with Crippen LogP contribution in [0.2, 0.25) is 0 Å². The van der Waals surface area contributed by atoms with E-state index in [0.29, 0.717) is 5.82 Å². The third-order valence-corrected chi connectivity index (χ3v) is 3.01. The summed E-state index contributed by atoms with van der Waals surface area (Å²) in [6, 6.07) is 4.04. The van der Waals surface area contributed by atoms with Crippen molar-refractivity contribution < 1.29 is 4.74 Å². The van der Waals surface area contributed by atoms with Gasteiger partial charge >= 0.3 is 0 Å². The number of hydrogen-bond acceptors (Lipinski definition) is 3. The van der Waals surface area contributed by atoms with Crippen molar-refractivity contribution in [2.75, 3.05) is 12.8 Å². The number of aromatic nitrogens is 2. The van der Waals surface area contributed by atoms with Gasteiger partial charge in [0.05, 0.1) is 18.0 Å². The van der Waals surface area contributed by atoms with E-state index in [4.69, 9.17) is 10.5 Å². The summed E-state index contributed by atoms with van der Waals surface area (Å²) in [4.78, 5) is 0. The molecule has 92 valence electrons. The number of nitrogens with zero attached hydrogens (tertiary/aromatic N) is 2. The number of rotatable bonds is 1. The van der Waals surface area contributed by atoms with Crippen LogP contribution in [0.25, 0.3) is 10.9 Å². The first-order valence-corrected chi connectivity index (χ1v) is 5.66. The standard InChI is InChI=1S/C13H19N3O/c1-13(2,3)8-6-7-9(17-5)10-11(8)16(4)15-12(10)14/h6-7H,1-5H3,(H2,14,15). The summed E-state index contributed by atoms with van der Waals surface area (Å²) in [7, 11) is 3.56. The van der Waals surface area contributed by atoms with Gasteiger partial charge in [0.2, 0.25) is 0 Å². The Hall–Kier alpha value is -1.71. The van der Waals surface area contributed by atoms with Gasteiger partial charge in [-0.3, -0.25) is 4.68 Å². The first kappa shape index (κ1) is 11.8. The van der Waals surface area contributed by atoms with Crippen molar-refractivity contribution in [2.24, 2.45) is 7.05 Å². The lowest BCUT2D eigenvalue weighted by atomic mass is 9.85. The number of hydrogen-bond donors (Lipinski definition) is 1. The van der Waals surface area contributed by atoms with Crippen molar-refractivity contribution in [3.8, 4) is 5.75 Å². The smallest absolute Gasteiger partial charge is 0.157 e. The summed E-state index contributed by atoms with van der Waals surface area (Å²) in [5.41, 5.74) is 8.27. The van der Waals surface area contributed by atoms with E-state index in [1.165, 1.54) is 5.56 Å². The highest BCUT2D eigenvalue weighted by atomic mass is 16.5. The largest absolute Gasteiger partial charge is 0.496 e. The fourth-order valence-electron chi connectivity index (χ4n) is 2.19. The molecule has 0 aliphatic heterocycles. The fourth-order valence-corrected chi connectivity index (χ4v) is 2.19. The molecule has 1 aromatic carbocycles. The van der Waals surface area contributed by atoms with Crippen molar-refractivity contribution in [1.82, 2.24) is 9.78 Å². The molecule has 0 bridgehead atoms. The van der Waals surface area contributed by atoms with Crippen molar-refractivity contribution in [2.45, 2.75) is 26.2 Å². The van der Waals surface area contributed by atoms with E-state index in [2.05, 4.69) is 31.9 Å². The summed E-state index contributed by atoms with van der Waals surface area (Å²) in [6.07, 6.45) is 0. The molecule has 0 atom stereocenters. The predicted octanol–water partition coefficient (Wildman–Crippen LogP) is 2.46. The number of methoxy groups -OCH3 is 1. The van der Waals surface area contributed by atoms with Crippen LogP contribution in [-0.4, -0.2) is 16.9 Å². The maximum Gasteiger partial charge on any atom is 0.157 e. The summed E-state index contributed by atoms with van der Waals surface area (Å²) < 4.78 is 7.18. The summed E-state index contributed by atoms with van der Waals surface area (Å²) in [6.45, 7) is 6.53. The number of ether oxygens (including phenoxy) is 1. The highest BCUT2D eigenvalue weighted by Crippen LogP contribution is 2.37. The second kappa shape index (κ2) is 3.65. The molecular formula is C13H19N3O. The van der Waals surface area contributed by atoms with Crippen LogP contribution in [0.1, 0.15) is 26.3 Å². The molecule has 0 saturated carbocycles. The zero-order chi connectivity index (χ0) is 12.8. The van der Waals surface area contributed by atoms with Crippen LogP contribution in [-0.2, 0) is 12.5 Å². The van der Waals surface area contributed by atoms with Crippen molar-refractivity contribution in [1.29, 1.82) is 0 Å². The SMILES string of the molecule is COc1ccc(C(C)(C)C)c2c1c(N)nn2C. The number of fused-ring (bicyclic) bond motifs is 1. The molecule has 2 rings (SSSR count). The first-order valence-electron chi connectivity index (χ1n) is 5.66. The molecule has 0 fully saturated rings. The first-order chi connectivity index (χ1) is 7.86. The molecule has 0 aliphatic carbocycles. The van der Waals surface area contributed by atoms with Gasteiger partial charge in [-0.25, -0.2) is 0 Å². The van der Waals surface area contributed by atoms with E-state index in [1.807, 2.05) is 17.8 Å². The highest BCUT2D eigenvalue weighted by molar-refractivity contribution is 5.97. The van der Waals surface area contributed by atoms with Gasteiger partial charge in [0.1, 0.15) is 5.75 Å². The van der Waals surface area contributed by atoms with Crippen LogP contribution >= 0.6 is 0 Å². The van der Waals surface area contributed by atoms with Crippen LogP contribution in [0.4, 0.5) is 5.82 Å². The molecule has 0 amide bonds. The van der Waals surface area contributed by atoms with Crippen molar-refractivity contribution in [3.63, 3.8) is 0 Å². The summed E-state index contributed by atoms with van der Waals surface area (Å²) in [5, 5.41) is 5.19. The Morgan fingerprint density at radius 1 is 1.29 bits per heavy atom. The Kier molecular flexibility index (Phi) is 2.53. The molecule has 0 aliphatic rings. The second-order valence-electron chi connectivity index (χ2n) is 5.30. The number of nitrogens with two attached hydrogens (primary N) is 1. The Bertz CT molecular complexity index is 564. The maximum absolute atomic E-state index is 5.95. The lowest BCUT2D eigenvalue weighted by Gasteiger charge is -2.21. The molecule has 2 N–H and O–H groups in total. The molecule has 0 spiro atoms. The van der Waals surface area contributed by atoms with Gasteiger partial charge in [0.25, 0.3) is 0 Å². The molecule has 0 saturated heterocycles. The van der Waals surface area contributed by atoms with Gasteiger partial charge in [-0.05, 0) is 17.0 Å². The molecule has 1 heterocycles. The topological polar surface area (TPSA) is 53.1 Å². The van der Waals surface area contributed by atoms with E-state index in [-0.39, 0.29) is 5.41 Å². The van der Waals surface area contributed by atoms with E-state index in [9.17, 15) is 0 Å². The average molecular weight is 233 g/mol. The summed E-state index contributed by atoms with van der Waals surface area (Å²) in [5.74, 6) is 1.30. The third kappa shape index (κ3) is 1.73. The Morgan fingerprint density at radius 2 is 1.94 bits per heavy atom. The number of anilines is 1. The van der Waals surface area contributed by atoms with E-state index >= 15 is 0 Å². The molecule has 17 heavy (non-hydrogen) atoms. The Morgan fingerprint density at radius 3 is 2.47 bits per heavy atom. The van der Waals surface area contributed by atoms with Crippen molar-refractivity contribution >= 4 is 16.7 Å². The Balaban J connectivity index is 2.91. The van der Waals surface area contributed by atoms with Gasteiger partial charge in [-0.1, -0.05) is 26.8 Å². The average Bonchev–Trinajstić information content (AvgIpc) is 2.53. The van der Waals surface area contributed by atoms with E-state index in [1.54, 1.807) is 7.11 Å². The van der Waals surface area contributed by atoms with Crippen LogP contribution in [0.3, 0.4) is 0 Å². The zero-order valence-electron chi connectivity index (χ0n) is 11.0. The second-order valence-corrected chi connectivity index (χ2v) is 5.30. The van der Waals surface area contributed by atoms with Gasteiger partial charge in [0.15, 0.2) is 5.82 Å². The monoisotopic (exact) mass is 233 g/mol. The minimum Gasteiger partial charge on any atom is -0.496 e. The van der Waals surface area contributed by atoms with Gasteiger partial charge < -0.3 is 10.5 Å². The number of benzene rings is 1. The number of nitrogen functional groups attached to an aromatic ring is 1. The normalized spacial score (nSPS) is 12.1. The van der Waals surface area contributed by atoms with Gasteiger partial charge in [-0.2, -0.15) is 5.10 Å². The Labute approximate surface area is 101 Å². The molecule has 0 radical (unpaired) electrons. The van der Waals surface area contributed by atoms with E-state index < -0.39 is 0 Å².